The zero-order chi connectivity index (χ0) is 19.0. The summed E-state index contributed by atoms with van der Waals surface area (Å²) in [4.78, 5) is 24.1. The molecule has 0 spiro atoms. The lowest BCUT2D eigenvalue weighted by Gasteiger charge is -2.25. The molecule has 1 saturated heterocycles. The van der Waals surface area contributed by atoms with Crippen LogP contribution in [-0.4, -0.2) is 23.1 Å². The smallest absolute Gasteiger partial charge is 0.253 e. The second-order valence-electron chi connectivity index (χ2n) is 8.01. The van der Waals surface area contributed by atoms with E-state index in [2.05, 4.69) is 12.1 Å². The normalized spacial score (nSPS) is 19.8. The summed E-state index contributed by atoms with van der Waals surface area (Å²) in [6.45, 7) is 2.70. The Kier molecular flexibility index (Phi) is 5.00. The first-order chi connectivity index (χ1) is 13.0. The maximum atomic E-state index is 12.1. The van der Waals surface area contributed by atoms with E-state index < -0.39 is 0 Å². The first-order valence-corrected chi connectivity index (χ1v) is 9.97. The summed E-state index contributed by atoms with van der Waals surface area (Å²) in [5.74, 6) is 0.313. The lowest BCUT2D eigenvalue weighted by molar-refractivity contribution is -0.118. The Hall–Kier alpha value is -2.20. The molecule has 1 fully saturated rings. The van der Waals surface area contributed by atoms with E-state index in [1.165, 1.54) is 17.5 Å². The molecule has 27 heavy (non-hydrogen) atoms. The van der Waals surface area contributed by atoms with Crippen molar-refractivity contribution < 1.29 is 9.53 Å². The maximum Gasteiger partial charge on any atom is 0.253 e. The predicted octanol–water partition coefficient (Wildman–Crippen LogP) is 3.53. The fraction of sp³-hybridized carbons (Fsp3) is 0.478. The van der Waals surface area contributed by atoms with Gasteiger partial charge in [0.25, 0.3) is 5.56 Å². The molecule has 0 amide bonds. The second kappa shape index (κ2) is 7.43. The van der Waals surface area contributed by atoms with Gasteiger partial charge in [0, 0.05) is 38.3 Å². The molecule has 1 aliphatic carbocycles. The molecule has 0 bridgehead atoms. The highest BCUT2D eigenvalue weighted by Crippen LogP contribution is 2.32. The van der Waals surface area contributed by atoms with E-state index in [1.54, 1.807) is 11.6 Å². The summed E-state index contributed by atoms with van der Waals surface area (Å²) in [7, 11) is 1.80. The zero-order valence-corrected chi connectivity index (χ0v) is 16.2. The van der Waals surface area contributed by atoms with Gasteiger partial charge in [-0.05, 0) is 72.9 Å². The summed E-state index contributed by atoms with van der Waals surface area (Å²) < 4.78 is 7.64. The van der Waals surface area contributed by atoms with E-state index in [0.717, 1.165) is 54.5 Å². The number of nitrogens with zero attached hydrogens (tertiary/aromatic N) is 1. The summed E-state index contributed by atoms with van der Waals surface area (Å²) >= 11 is 0. The molecule has 142 valence electrons. The summed E-state index contributed by atoms with van der Waals surface area (Å²) in [5.41, 5.74) is 6.66. The minimum absolute atomic E-state index is 0.0315. The summed E-state index contributed by atoms with van der Waals surface area (Å²) in [6.07, 6.45) is 8.52. The third-order valence-electron chi connectivity index (χ3n) is 5.88. The molecule has 2 heterocycles. The van der Waals surface area contributed by atoms with Crippen molar-refractivity contribution in [1.82, 2.24) is 4.57 Å². The highest BCUT2D eigenvalue weighted by atomic mass is 16.5. The molecule has 4 nitrogen and oxygen atoms in total. The number of rotatable bonds is 3. The van der Waals surface area contributed by atoms with Crippen LogP contribution in [-0.2, 0) is 35.8 Å². The second-order valence-corrected chi connectivity index (χ2v) is 8.01. The van der Waals surface area contributed by atoms with Crippen LogP contribution in [0.5, 0.6) is 0 Å². The number of carbonyl (C=O) groups is 1. The number of carbonyl (C=O) groups excluding carboxylic acids is 1. The minimum atomic E-state index is 0.0315. The topological polar surface area (TPSA) is 48.3 Å². The number of aryl methyl sites for hydroxylation is 3. The van der Waals surface area contributed by atoms with E-state index in [9.17, 15) is 9.59 Å². The molecule has 1 aromatic heterocycles. The SMILES string of the molecule is Cc1cc(-c2cc3c(cc2CC2CCCCO2)CCC(=O)C3)cn(C)c1=O. The Labute approximate surface area is 160 Å². The highest BCUT2D eigenvalue weighted by molar-refractivity contribution is 5.84. The van der Waals surface area contributed by atoms with Gasteiger partial charge in [-0.3, -0.25) is 9.59 Å². The standard InChI is InChI=1S/C23H27NO3/c1-15-9-19(14-24(2)23(15)26)22-13-17-11-20(25)7-6-16(17)10-18(22)12-21-5-3-4-8-27-21/h9-10,13-14,21H,3-8,11-12H2,1-2H3. The highest BCUT2D eigenvalue weighted by Gasteiger charge is 2.22. The number of fused-ring (bicyclic) bond motifs is 1. The molecule has 1 aliphatic heterocycles. The van der Waals surface area contributed by atoms with Gasteiger partial charge in [-0.1, -0.05) is 12.1 Å². The Morgan fingerprint density at radius 2 is 1.96 bits per heavy atom. The molecular weight excluding hydrogens is 338 g/mol. The number of Topliss-reactive ketones (excluding diaryl/α,β-unsaturated/α-hetero) is 1. The van der Waals surface area contributed by atoms with E-state index >= 15 is 0 Å². The van der Waals surface area contributed by atoms with Crippen LogP contribution in [0.2, 0.25) is 0 Å². The van der Waals surface area contributed by atoms with Gasteiger partial charge in [0.2, 0.25) is 0 Å². The largest absolute Gasteiger partial charge is 0.378 e. The number of ether oxygens (including phenoxy) is 1. The van der Waals surface area contributed by atoms with Crippen molar-refractivity contribution in [2.45, 2.75) is 58.0 Å². The Morgan fingerprint density at radius 1 is 1.11 bits per heavy atom. The van der Waals surface area contributed by atoms with E-state index in [0.29, 0.717) is 18.6 Å². The molecule has 2 aliphatic rings. The summed E-state index contributed by atoms with van der Waals surface area (Å²) in [5, 5.41) is 0. The maximum absolute atomic E-state index is 12.1. The number of hydrogen-bond donors (Lipinski definition) is 0. The van der Waals surface area contributed by atoms with Crippen LogP contribution < -0.4 is 5.56 Å². The molecule has 0 saturated carbocycles. The van der Waals surface area contributed by atoms with Crippen LogP contribution in [0.25, 0.3) is 11.1 Å². The van der Waals surface area contributed by atoms with E-state index in [4.69, 9.17) is 4.74 Å². The Bertz CT molecular complexity index is 909. The zero-order valence-electron chi connectivity index (χ0n) is 16.2. The van der Waals surface area contributed by atoms with Gasteiger partial charge >= 0.3 is 0 Å². The monoisotopic (exact) mass is 365 g/mol. The molecule has 1 atom stereocenters. The number of pyridine rings is 1. The van der Waals surface area contributed by atoms with E-state index in [-0.39, 0.29) is 11.7 Å². The number of ketones is 1. The number of benzene rings is 1. The lowest BCUT2D eigenvalue weighted by Crippen LogP contribution is -2.23. The average Bonchev–Trinajstić information content (AvgIpc) is 2.66. The van der Waals surface area contributed by atoms with Gasteiger partial charge < -0.3 is 9.30 Å². The third kappa shape index (κ3) is 3.77. The van der Waals surface area contributed by atoms with Gasteiger partial charge in [0.05, 0.1) is 6.10 Å². The fourth-order valence-electron chi connectivity index (χ4n) is 4.39. The average molecular weight is 365 g/mol. The quantitative estimate of drug-likeness (QED) is 0.836. The molecule has 4 rings (SSSR count). The minimum Gasteiger partial charge on any atom is -0.378 e. The van der Waals surface area contributed by atoms with Crippen molar-refractivity contribution in [3.05, 3.63) is 57.0 Å². The van der Waals surface area contributed by atoms with Crippen LogP contribution in [0.1, 0.15) is 47.9 Å². The predicted molar refractivity (Wildman–Crippen MR) is 106 cm³/mol. The van der Waals surface area contributed by atoms with Gasteiger partial charge in [-0.2, -0.15) is 0 Å². The fourth-order valence-corrected chi connectivity index (χ4v) is 4.39. The van der Waals surface area contributed by atoms with Crippen LogP contribution in [0, 0.1) is 6.92 Å². The Morgan fingerprint density at radius 3 is 2.70 bits per heavy atom. The van der Waals surface area contributed by atoms with E-state index in [1.807, 2.05) is 19.2 Å². The van der Waals surface area contributed by atoms with Crippen molar-refractivity contribution in [3.8, 4) is 11.1 Å². The van der Waals surface area contributed by atoms with Crippen LogP contribution in [0.4, 0.5) is 0 Å². The molecule has 0 N–H and O–H groups in total. The molecule has 2 aromatic rings. The third-order valence-corrected chi connectivity index (χ3v) is 5.88. The number of aromatic nitrogens is 1. The summed E-state index contributed by atoms with van der Waals surface area (Å²) in [6, 6.07) is 6.44. The van der Waals surface area contributed by atoms with Gasteiger partial charge in [0.1, 0.15) is 5.78 Å². The van der Waals surface area contributed by atoms with Crippen molar-refractivity contribution in [3.63, 3.8) is 0 Å². The van der Waals surface area contributed by atoms with Crippen molar-refractivity contribution in [2.75, 3.05) is 6.61 Å². The van der Waals surface area contributed by atoms with Gasteiger partial charge in [-0.25, -0.2) is 0 Å². The van der Waals surface area contributed by atoms with Crippen LogP contribution >= 0.6 is 0 Å². The molecule has 1 aromatic carbocycles. The van der Waals surface area contributed by atoms with Crippen molar-refractivity contribution >= 4 is 5.78 Å². The molecule has 4 heteroatoms. The lowest BCUT2D eigenvalue weighted by atomic mass is 9.84. The molecular formula is C23H27NO3. The van der Waals surface area contributed by atoms with Crippen molar-refractivity contribution in [1.29, 1.82) is 0 Å². The first kappa shape index (κ1) is 18.2. The van der Waals surface area contributed by atoms with Gasteiger partial charge in [-0.15, -0.1) is 0 Å². The Balaban J connectivity index is 1.80. The number of hydrogen-bond acceptors (Lipinski definition) is 3. The first-order valence-electron chi connectivity index (χ1n) is 9.97. The van der Waals surface area contributed by atoms with Gasteiger partial charge in [0.15, 0.2) is 0 Å². The van der Waals surface area contributed by atoms with Crippen LogP contribution in [0.15, 0.2) is 29.2 Å². The van der Waals surface area contributed by atoms with Crippen LogP contribution in [0.3, 0.4) is 0 Å². The molecule has 1 unspecified atom stereocenters. The molecule has 0 radical (unpaired) electrons. The van der Waals surface area contributed by atoms with Crippen molar-refractivity contribution in [2.24, 2.45) is 7.05 Å².